The van der Waals surface area contributed by atoms with Crippen molar-refractivity contribution in [3.8, 4) is 5.75 Å². The number of benzene rings is 2. The molecule has 486 valence electrons. The largest absolute Gasteiger partial charge is 0.495 e. The fourth-order valence-electron chi connectivity index (χ4n) is 10.3. The van der Waals surface area contributed by atoms with Crippen LogP contribution in [0.1, 0.15) is 109 Å². The minimum Gasteiger partial charge on any atom is -0.495 e. The van der Waals surface area contributed by atoms with Crippen molar-refractivity contribution in [2.24, 2.45) is 23.5 Å². The summed E-state index contributed by atoms with van der Waals surface area (Å²) in [6.45, 7) is 10.7. The molecule has 9 N–H and O–H groups in total. The van der Waals surface area contributed by atoms with Crippen LogP contribution in [0.15, 0.2) is 54.1 Å². The number of carbonyl (C=O) groups excluding carboxylic acids is 9. The van der Waals surface area contributed by atoms with E-state index in [0.717, 1.165) is 16.0 Å². The molecule has 0 spiro atoms. The second-order valence-corrected chi connectivity index (χ2v) is 25.0. The molecule has 0 saturated carbocycles. The first kappa shape index (κ1) is 72.7. The number of urea groups is 1. The van der Waals surface area contributed by atoms with E-state index in [1.807, 2.05) is 13.0 Å². The summed E-state index contributed by atoms with van der Waals surface area (Å²) >= 11 is 20.2. The van der Waals surface area contributed by atoms with Gasteiger partial charge in [-0.1, -0.05) is 106 Å². The van der Waals surface area contributed by atoms with Crippen molar-refractivity contribution in [1.82, 2.24) is 31.5 Å². The van der Waals surface area contributed by atoms with Crippen LogP contribution in [-0.4, -0.2) is 169 Å². The van der Waals surface area contributed by atoms with Crippen molar-refractivity contribution >= 4 is 120 Å². The summed E-state index contributed by atoms with van der Waals surface area (Å²) in [4.78, 5) is 123. The number of amides is 9. The van der Waals surface area contributed by atoms with Gasteiger partial charge in [-0.2, -0.15) is 0 Å². The Labute approximate surface area is 540 Å². The molecule has 3 heterocycles. The Kier molecular flexibility index (Phi) is 27.4. The standard InChI is InChI=1S/C60H83Br2Cl2N9O15/c1-32(2)50(70-47(74)19-12-11-13-22-66-52(76)37(30-61)31-62)54(78)69-41(17-15-23-67-57(65)81)53(77)68-38-20-21-39(40(63)27-38)55(79)72(7)35(5)56(80)87-46-28-48(75)73(8)42-25-36(26-43(84-9)49(42)64)24-33(3)16-14-18-45(85-10)60(83)29-44(86-58(82)71-60)34(4)51-59(46,6)88-51/h14,16,18,20-21,25-27,32,34-35,37,41,44-46,50-51,83H,11-13,15,17,19,22-24,28-31H2,1-10H3,(H,66,76)(H,68,77)(H,69,78)(H,70,74)(H,71,82)(H3,65,67,81)/b18-14+,33-16+/t34-,35+,41+,44+,45-,46+,50+,51+,59+,60+/m1/s1. The first-order chi connectivity index (χ1) is 41.5. The summed E-state index contributed by atoms with van der Waals surface area (Å²) in [6, 6.07) is 3.23. The highest BCUT2D eigenvalue weighted by Gasteiger charge is 2.64. The van der Waals surface area contributed by atoms with Gasteiger partial charge in [-0.25, -0.2) is 14.4 Å². The number of aliphatic hydroxyl groups is 1. The maximum Gasteiger partial charge on any atom is 0.409 e. The summed E-state index contributed by atoms with van der Waals surface area (Å²) in [5, 5.41) is 29.1. The fraction of sp³-hybridized carbons (Fsp3) is 0.583. The van der Waals surface area contributed by atoms with Crippen LogP contribution in [0.2, 0.25) is 10.0 Å². The van der Waals surface area contributed by atoms with Gasteiger partial charge in [-0.05, 0) is 94.7 Å². The molecule has 4 bridgehead atoms. The summed E-state index contributed by atoms with van der Waals surface area (Å²) in [7, 11) is 5.72. The minimum absolute atomic E-state index is 0.0272. The number of alkyl carbamates (subject to hydrolysis) is 1. The second-order valence-electron chi connectivity index (χ2n) is 22.9. The quantitative estimate of drug-likeness (QED) is 0.0225. The highest BCUT2D eigenvalue weighted by molar-refractivity contribution is 9.09. The predicted molar refractivity (Wildman–Crippen MR) is 338 cm³/mol. The van der Waals surface area contributed by atoms with E-state index in [1.54, 1.807) is 52.0 Å². The van der Waals surface area contributed by atoms with E-state index >= 15 is 0 Å². The molecular weight excluding hydrogens is 1320 g/mol. The number of nitrogens with two attached hydrogens (primary N) is 1. The molecular formula is C60H83Br2Cl2N9O15. The molecule has 28 heteroatoms. The van der Waals surface area contributed by atoms with Gasteiger partial charge >= 0.3 is 18.1 Å². The van der Waals surface area contributed by atoms with Crippen molar-refractivity contribution in [3.63, 3.8) is 0 Å². The number of carbonyl (C=O) groups is 9. The lowest BCUT2D eigenvalue weighted by molar-refractivity contribution is -0.158. The SMILES string of the molecule is COc1cc2cc(c1Cl)N(C)C(=O)C[C@H](OC(=O)[C@H](C)N(C)C(=O)c1ccc(NC(=O)[C@H](CCCNC(N)=O)NC(=O)[C@@H](NC(=O)CCCCCNC(=O)C(CBr)CBr)C(C)C)cc1Cl)[C@]1(C)O[C@H]1[C@H](C)[C@@H]1C[C@@](O)(NC(=O)O1)[C@H](OC)/C=C/C=C(\C)C2. The molecule has 0 aromatic heterocycles. The number of epoxide rings is 1. The molecule has 0 radical (unpaired) electrons. The summed E-state index contributed by atoms with van der Waals surface area (Å²) in [5.41, 5.74) is 3.92. The van der Waals surface area contributed by atoms with E-state index in [0.29, 0.717) is 54.3 Å². The van der Waals surface area contributed by atoms with E-state index in [9.17, 15) is 48.3 Å². The van der Waals surface area contributed by atoms with Gasteiger partial charge in [-0.3, -0.25) is 34.1 Å². The number of likely N-dealkylation sites (N-methyl/N-ethyl adjacent to an activating group) is 1. The van der Waals surface area contributed by atoms with E-state index < -0.39 is 114 Å². The Balaban J connectivity index is 1.32. The molecule has 2 saturated heterocycles. The van der Waals surface area contributed by atoms with E-state index in [1.165, 1.54) is 58.3 Å². The second kappa shape index (κ2) is 33.2. The van der Waals surface area contributed by atoms with Gasteiger partial charge in [-0.15, -0.1) is 0 Å². The molecule has 5 rings (SSSR count). The lowest BCUT2D eigenvalue weighted by atomic mass is 9.83. The van der Waals surface area contributed by atoms with Crippen molar-refractivity contribution < 1.29 is 71.9 Å². The van der Waals surface area contributed by atoms with Crippen LogP contribution in [0.4, 0.5) is 21.0 Å². The third-order valence-electron chi connectivity index (χ3n) is 15.9. The van der Waals surface area contributed by atoms with Crippen LogP contribution in [0.5, 0.6) is 5.75 Å². The Morgan fingerprint density at radius 2 is 1.65 bits per heavy atom. The van der Waals surface area contributed by atoms with Gasteiger partial charge in [0.25, 0.3) is 5.91 Å². The molecule has 88 heavy (non-hydrogen) atoms. The van der Waals surface area contributed by atoms with Gasteiger partial charge in [0.15, 0.2) is 5.72 Å². The number of hydrogen-bond donors (Lipinski definition) is 8. The smallest absolute Gasteiger partial charge is 0.409 e. The topological polar surface area (TPSA) is 328 Å². The Morgan fingerprint density at radius 3 is 2.28 bits per heavy atom. The monoisotopic (exact) mass is 1400 g/mol. The molecule has 3 aliphatic heterocycles. The number of fused-ring (bicyclic) bond motifs is 5. The van der Waals surface area contributed by atoms with Gasteiger partial charge in [0.2, 0.25) is 29.5 Å². The van der Waals surface area contributed by atoms with Crippen molar-refractivity contribution in [1.29, 1.82) is 0 Å². The van der Waals surface area contributed by atoms with E-state index in [-0.39, 0.29) is 71.3 Å². The van der Waals surface area contributed by atoms with Crippen molar-refractivity contribution in [3.05, 3.63) is 75.3 Å². The minimum atomic E-state index is -1.92. The summed E-state index contributed by atoms with van der Waals surface area (Å²) in [6.07, 6.45) is 2.10. The third-order valence-corrected chi connectivity index (χ3v) is 18.2. The highest BCUT2D eigenvalue weighted by Crippen LogP contribution is 2.49. The maximum atomic E-state index is 14.5. The first-order valence-corrected chi connectivity index (χ1v) is 32.0. The average molecular weight is 1400 g/mol. The molecule has 3 aliphatic rings. The number of halogens is 4. The molecule has 10 atom stereocenters. The molecule has 9 amide bonds. The van der Waals surface area contributed by atoms with Gasteiger partial charge < -0.3 is 70.9 Å². The lowest BCUT2D eigenvalue weighted by Crippen LogP contribution is -2.63. The normalized spacial score (nSPS) is 23.9. The first-order valence-electron chi connectivity index (χ1n) is 29.0. The predicted octanol–water partition coefficient (Wildman–Crippen LogP) is 6.58. The van der Waals surface area contributed by atoms with Crippen LogP contribution < -0.4 is 47.3 Å². The van der Waals surface area contributed by atoms with Crippen LogP contribution in [0.25, 0.3) is 0 Å². The molecule has 2 fully saturated rings. The Morgan fingerprint density at radius 1 is 0.955 bits per heavy atom. The zero-order valence-corrected chi connectivity index (χ0v) is 55.9. The number of anilines is 2. The van der Waals surface area contributed by atoms with Gasteiger partial charge in [0, 0.05) is 69.4 Å². The number of nitrogens with one attached hydrogen (secondary N) is 6. The molecule has 24 nitrogen and oxygen atoms in total. The highest BCUT2D eigenvalue weighted by atomic mass is 79.9. The van der Waals surface area contributed by atoms with Gasteiger partial charge in [0.1, 0.15) is 52.8 Å². The van der Waals surface area contributed by atoms with Crippen molar-refractivity contribution in [2.45, 2.75) is 153 Å². The maximum absolute atomic E-state index is 14.5. The number of esters is 1. The van der Waals surface area contributed by atoms with Crippen LogP contribution >= 0.6 is 55.1 Å². The number of primary amides is 1. The molecule has 2 aromatic carbocycles. The lowest BCUT2D eigenvalue weighted by Gasteiger charge is -2.42. The molecule has 0 aliphatic carbocycles. The van der Waals surface area contributed by atoms with Crippen LogP contribution in [0.3, 0.4) is 0 Å². The fourth-order valence-corrected chi connectivity index (χ4v) is 12.6. The zero-order chi connectivity index (χ0) is 65.4. The number of alkyl halides is 2. The van der Waals surface area contributed by atoms with Gasteiger partial charge in [0.05, 0.1) is 41.8 Å². The number of ether oxygens (including phenoxy) is 5. The Bertz CT molecular complexity index is 2940. The number of nitrogens with zero attached hydrogens (tertiary/aromatic N) is 2. The number of hydrogen-bond acceptors (Lipinski definition) is 15. The van der Waals surface area contributed by atoms with E-state index in [2.05, 4.69) is 63.8 Å². The zero-order valence-electron chi connectivity index (χ0n) is 51.2. The average Bonchev–Trinajstić information content (AvgIpc) is 1.60. The van der Waals surface area contributed by atoms with Crippen LogP contribution in [-0.2, 0) is 54.1 Å². The third kappa shape index (κ3) is 19.5. The van der Waals surface area contributed by atoms with Crippen LogP contribution in [0, 0.1) is 17.8 Å². The van der Waals surface area contributed by atoms with E-state index in [4.69, 9.17) is 52.6 Å². The van der Waals surface area contributed by atoms with Crippen molar-refractivity contribution in [2.75, 3.05) is 62.3 Å². The molecule has 2 aromatic rings. The Hall–Kier alpha value is -6.03. The summed E-state index contributed by atoms with van der Waals surface area (Å²) in [5.74, 6) is -4.90. The molecule has 0 unspecified atom stereocenters. The number of allylic oxidation sites excluding steroid dienone is 3. The number of rotatable bonds is 25. The number of methoxy groups -OCH3 is 2. The number of unbranched alkanes of at least 4 members (excludes halogenated alkanes) is 2. The summed E-state index contributed by atoms with van der Waals surface area (Å²) < 4.78 is 29.6.